The van der Waals surface area contributed by atoms with Crippen LogP contribution < -0.4 is 10.6 Å². The van der Waals surface area contributed by atoms with Crippen LogP contribution in [-0.2, 0) is 0 Å². The molecule has 0 unspecified atom stereocenters. The van der Waals surface area contributed by atoms with Crippen LogP contribution in [0.15, 0.2) is 18.2 Å². The molecule has 6 heteroatoms. The molecule has 0 heterocycles. The average molecular weight is 312 g/mol. The van der Waals surface area contributed by atoms with Gasteiger partial charge in [-0.15, -0.1) is 0 Å². The minimum atomic E-state index is -0.417. The predicted octanol–water partition coefficient (Wildman–Crippen LogP) is 3.73. The van der Waals surface area contributed by atoms with Gasteiger partial charge in [-0.25, -0.2) is 0 Å². The van der Waals surface area contributed by atoms with Crippen LogP contribution in [0.5, 0.6) is 0 Å². The van der Waals surface area contributed by atoms with Crippen molar-refractivity contribution in [1.29, 1.82) is 0 Å². The third kappa shape index (κ3) is 3.86. The monoisotopic (exact) mass is 311 g/mol. The molecule has 1 fully saturated rings. The second-order valence-electron chi connectivity index (χ2n) is 5.65. The maximum Gasteiger partial charge on any atom is 0.271 e. The summed E-state index contributed by atoms with van der Waals surface area (Å²) >= 11 is 6.28. The zero-order valence-corrected chi connectivity index (χ0v) is 13.1. The van der Waals surface area contributed by atoms with Gasteiger partial charge in [0.1, 0.15) is 0 Å². The van der Waals surface area contributed by atoms with Gasteiger partial charge in [0.05, 0.1) is 15.6 Å². The van der Waals surface area contributed by atoms with E-state index in [0.29, 0.717) is 17.1 Å². The number of hydrogen-bond acceptors (Lipinski definition) is 4. The average Bonchev–Trinajstić information content (AvgIpc) is 2.46. The Hall–Kier alpha value is -1.33. The molecule has 1 saturated carbocycles. The lowest BCUT2D eigenvalue weighted by atomic mass is 9.90. The van der Waals surface area contributed by atoms with Crippen LogP contribution in [-0.4, -0.2) is 23.6 Å². The standard InChI is InChI=1S/C15H22ClN3O2/c1-2-9-18(12-5-3-11(17)4-6-12)15-8-7-13(19(20)21)10-14(15)16/h7-8,10-12H,2-6,9,17H2,1H3. The number of nitro benzene ring substituents is 1. The Morgan fingerprint density at radius 1 is 1.38 bits per heavy atom. The second-order valence-corrected chi connectivity index (χ2v) is 6.06. The molecule has 0 atom stereocenters. The van der Waals surface area contributed by atoms with Gasteiger partial charge < -0.3 is 10.6 Å². The number of nitrogens with zero attached hydrogens (tertiary/aromatic N) is 2. The van der Waals surface area contributed by atoms with Gasteiger partial charge in [0.15, 0.2) is 0 Å². The number of halogens is 1. The summed E-state index contributed by atoms with van der Waals surface area (Å²) in [6.07, 6.45) is 5.16. The zero-order chi connectivity index (χ0) is 15.4. The number of benzene rings is 1. The van der Waals surface area contributed by atoms with Crippen molar-refractivity contribution in [2.75, 3.05) is 11.4 Å². The van der Waals surface area contributed by atoms with Crippen molar-refractivity contribution in [3.8, 4) is 0 Å². The Morgan fingerprint density at radius 3 is 2.57 bits per heavy atom. The first-order valence-electron chi connectivity index (χ1n) is 7.49. The van der Waals surface area contributed by atoms with E-state index in [2.05, 4.69) is 11.8 Å². The molecule has 0 aromatic heterocycles. The van der Waals surface area contributed by atoms with Crippen LogP contribution in [0.1, 0.15) is 39.0 Å². The van der Waals surface area contributed by atoms with Crippen LogP contribution in [0.25, 0.3) is 0 Å². The van der Waals surface area contributed by atoms with Crippen molar-refractivity contribution in [3.05, 3.63) is 33.3 Å². The summed E-state index contributed by atoms with van der Waals surface area (Å²) in [5, 5.41) is 11.3. The molecule has 0 radical (unpaired) electrons. The van der Waals surface area contributed by atoms with E-state index in [-0.39, 0.29) is 5.69 Å². The van der Waals surface area contributed by atoms with Crippen molar-refractivity contribution in [3.63, 3.8) is 0 Å². The first-order chi connectivity index (χ1) is 10.0. The van der Waals surface area contributed by atoms with E-state index in [1.54, 1.807) is 6.07 Å². The number of rotatable bonds is 5. The Morgan fingerprint density at radius 2 is 2.05 bits per heavy atom. The Bertz CT molecular complexity index is 502. The van der Waals surface area contributed by atoms with Gasteiger partial charge in [-0.05, 0) is 38.2 Å². The highest BCUT2D eigenvalue weighted by Crippen LogP contribution is 2.34. The first kappa shape index (κ1) is 16.0. The molecule has 0 spiro atoms. The third-order valence-electron chi connectivity index (χ3n) is 4.10. The van der Waals surface area contributed by atoms with Crippen LogP contribution >= 0.6 is 11.6 Å². The summed E-state index contributed by atoms with van der Waals surface area (Å²) in [6, 6.07) is 5.46. The van der Waals surface area contributed by atoms with Crippen LogP contribution in [0.4, 0.5) is 11.4 Å². The summed E-state index contributed by atoms with van der Waals surface area (Å²) in [5.74, 6) is 0. The summed E-state index contributed by atoms with van der Waals surface area (Å²) in [4.78, 5) is 12.7. The smallest absolute Gasteiger partial charge is 0.271 e. The minimum Gasteiger partial charge on any atom is -0.367 e. The van der Waals surface area contributed by atoms with Crippen LogP contribution in [0, 0.1) is 10.1 Å². The maximum atomic E-state index is 10.8. The summed E-state index contributed by atoms with van der Waals surface area (Å²) in [7, 11) is 0. The fourth-order valence-electron chi connectivity index (χ4n) is 3.00. The molecule has 0 bridgehead atoms. The van der Waals surface area contributed by atoms with Gasteiger partial charge in [-0.1, -0.05) is 18.5 Å². The highest BCUT2D eigenvalue weighted by atomic mass is 35.5. The van der Waals surface area contributed by atoms with Crippen molar-refractivity contribution < 1.29 is 4.92 Å². The lowest BCUT2D eigenvalue weighted by molar-refractivity contribution is -0.384. The van der Waals surface area contributed by atoms with E-state index in [1.165, 1.54) is 12.1 Å². The minimum absolute atomic E-state index is 0.0332. The van der Waals surface area contributed by atoms with Gasteiger partial charge in [0, 0.05) is 30.8 Å². The molecular weight excluding hydrogens is 290 g/mol. The SMILES string of the molecule is CCCN(c1ccc([N+](=O)[O-])cc1Cl)C1CCC(N)CC1. The Kier molecular flexibility index (Phi) is 5.42. The molecule has 1 aromatic rings. The van der Waals surface area contributed by atoms with Gasteiger partial charge in [-0.3, -0.25) is 10.1 Å². The summed E-state index contributed by atoms with van der Waals surface area (Å²) < 4.78 is 0. The van der Waals surface area contributed by atoms with Gasteiger partial charge in [0.25, 0.3) is 5.69 Å². The van der Waals surface area contributed by atoms with Crippen molar-refractivity contribution in [2.24, 2.45) is 5.73 Å². The Balaban J connectivity index is 2.23. The van der Waals surface area contributed by atoms with Gasteiger partial charge >= 0.3 is 0 Å². The highest BCUT2D eigenvalue weighted by Gasteiger charge is 2.25. The maximum absolute atomic E-state index is 10.8. The molecule has 1 aliphatic carbocycles. The van der Waals surface area contributed by atoms with E-state index in [9.17, 15) is 10.1 Å². The van der Waals surface area contributed by atoms with Crippen LogP contribution in [0.3, 0.4) is 0 Å². The lowest BCUT2D eigenvalue weighted by Crippen LogP contribution is -2.41. The third-order valence-corrected chi connectivity index (χ3v) is 4.40. The van der Waals surface area contributed by atoms with E-state index >= 15 is 0 Å². The van der Waals surface area contributed by atoms with Gasteiger partial charge in [0.2, 0.25) is 0 Å². The molecule has 0 saturated heterocycles. The molecular formula is C15H22ClN3O2. The van der Waals surface area contributed by atoms with Gasteiger partial charge in [-0.2, -0.15) is 0 Å². The number of anilines is 1. The fraction of sp³-hybridized carbons (Fsp3) is 0.600. The summed E-state index contributed by atoms with van der Waals surface area (Å²) in [5.41, 5.74) is 6.90. The molecule has 1 aliphatic rings. The first-order valence-corrected chi connectivity index (χ1v) is 7.87. The van der Waals surface area contributed by atoms with Crippen molar-refractivity contribution in [2.45, 2.75) is 51.1 Å². The van der Waals surface area contributed by atoms with E-state index in [1.807, 2.05) is 0 Å². The molecule has 0 aliphatic heterocycles. The Labute approximate surface area is 130 Å². The van der Waals surface area contributed by atoms with Crippen molar-refractivity contribution >= 4 is 23.0 Å². The molecule has 2 rings (SSSR count). The normalized spacial score (nSPS) is 22.0. The second kappa shape index (κ2) is 7.09. The van der Waals surface area contributed by atoms with E-state index in [4.69, 9.17) is 17.3 Å². The number of non-ortho nitro benzene ring substituents is 1. The lowest BCUT2D eigenvalue weighted by Gasteiger charge is -2.38. The molecule has 116 valence electrons. The summed E-state index contributed by atoms with van der Waals surface area (Å²) in [6.45, 7) is 3.03. The highest BCUT2D eigenvalue weighted by molar-refractivity contribution is 6.33. The van der Waals surface area contributed by atoms with Crippen LogP contribution in [0.2, 0.25) is 5.02 Å². The molecule has 21 heavy (non-hydrogen) atoms. The number of nitro groups is 1. The van der Waals surface area contributed by atoms with E-state index in [0.717, 1.165) is 44.3 Å². The number of nitrogens with two attached hydrogens (primary N) is 1. The van der Waals surface area contributed by atoms with Crippen molar-refractivity contribution in [1.82, 2.24) is 0 Å². The fourth-order valence-corrected chi connectivity index (χ4v) is 3.28. The quantitative estimate of drug-likeness (QED) is 0.664. The molecule has 5 nitrogen and oxygen atoms in total. The molecule has 0 amide bonds. The number of hydrogen-bond donors (Lipinski definition) is 1. The molecule has 2 N–H and O–H groups in total. The topological polar surface area (TPSA) is 72.4 Å². The zero-order valence-electron chi connectivity index (χ0n) is 12.3. The molecule has 1 aromatic carbocycles. The largest absolute Gasteiger partial charge is 0.367 e. The predicted molar refractivity (Wildman–Crippen MR) is 86.0 cm³/mol. The van der Waals surface area contributed by atoms with E-state index < -0.39 is 4.92 Å².